The molecule has 1 heterocycles. The van der Waals surface area contributed by atoms with Crippen LogP contribution in [0.1, 0.15) is 5.56 Å². The Kier molecular flexibility index (Phi) is 4.29. The van der Waals surface area contributed by atoms with Crippen LogP contribution in [-0.4, -0.2) is 28.9 Å². The zero-order valence-corrected chi connectivity index (χ0v) is 10.9. The van der Waals surface area contributed by atoms with Gasteiger partial charge in [0.15, 0.2) is 0 Å². The molecule has 0 bridgehead atoms. The van der Waals surface area contributed by atoms with Gasteiger partial charge in [0, 0.05) is 12.1 Å². The van der Waals surface area contributed by atoms with Crippen LogP contribution in [-0.2, 0) is 11.3 Å². The van der Waals surface area contributed by atoms with E-state index in [4.69, 9.17) is 4.42 Å². The molecule has 20 heavy (non-hydrogen) atoms. The summed E-state index contributed by atoms with van der Waals surface area (Å²) in [5.74, 6) is -1.07. The van der Waals surface area contributed by atoms with Crippen LogP contribution in [0.5, 0.6) is 0 Å². The number of benzene rings is 1. The molecule has 0 fully saturated rings. The third-order valence-electron chi connectivity index (χ3n) is 2.58. The fourth-order valence-corrected chi connectivity index (χ4v) is 1.68. The van der Waals surface area contributed by atoms with Crippen molar-refractivity contribution in [3.8, 4) is 11.5 Å². The first-order valence-corrected chi connectivity index (χ1v) is 6.08. The number of amides is 1. The van der Waals surface area contributed by atoms with Gasteiger partial charge in [-0.25, -0.2) is 9.18 Å². The number of halogens is 1. The van der Waals surface area contributed by atoms with Gasteiger partial charge in [-0.05, 0) is 19.1 Å². The van der Waals surface area contributed by atoms with E-state index >= 15 is 0 Å². The van der Waals surface area contributed by atoms with E-state index < -0.39 is 18.3 Å². The Hall–Kier alpha value is -2.44. The third kappa shape index (κ3) is 3.31. The molecule has 0 aliphatic heterocycles. The van der Waals surface area contributed by atoms with E-state index in [0.29, 0.717) is 5.56 Å². The SMILES string of the molecule is Cc1cccc(-c2nn(CC(=O)NCCF)c(=O)o2)c1. The Balaban J connectivity index is 2.18. The number of alkyl halides is 1. The fraction of sp³-hybridized carbons (Fsp3) is 0.308. The predicted molar refractivity (Wildman–Crippen MR) is 69.9 cm³/mol. The second kappa shape index (κ2) is 6.14. The Morgan fingerprint density at radius 1 is 1.50 bits per heavy atom. The predicted octanol–water partition coefficient (Wildman–Crippen LogP) is 0.897. The van der Waals surface area contributed by atoms with Crippen molar-refractivity contribution in [1.82, 2.24) is 15.1 Å². The summed E-state index contributed by atoms with van der Waals surface area (Å²) < 4.78 is 17.8. The van der Waals surface area contributed by atoms with Crippen molar-refractivity contribution >= 4 is 5.91 Å². The number of aromatic nitrogens is 2. The first-order valence-electron chi connectivity index (χ1n) is 6.08. The number of nitrogens with zero attached hydrogens (tertiary/aromatic N) is 2. The Morgan fingerprint density at radius 3 is 3.00 bits per heavy atom. The lowest BCUT2D eigenvalue weighted by Crippen LogP contribution is -2.32. The Labute approximate surface area is 114 Å². The molecule has 0 unspecified atom stereocenters. The van der Waals surface area contributed by atoms with Crippen molar-refractivity contribution in [3.63, 3.8) is 0 Å². The minimum Gasteiger partial charge on any atom is -0.388 e. The van der Waals surface area contributed by atoms with Gasteiger partial charge < -0.3 is 9.73 Å². The van der Waals surface area contributed by atoms with Gasteiger partial charge in [0.25, 0.3) is 0 Å². The highest BCUT2D eigenvalue weighted by Crippen LogP contribution is 2.16. The van der Waals surface area contributed by atoms with E-state index in [9.17, 15) is 14.0 Å². The quantitative estimate of drug-likeness (QED) is 0.882. The summed E-state index contributed by atoms with van der Waals surface area (Å²) in [7, 11) is 0. The number of rotatable bonds is 5. The van der Waals surface area contributed by atoms with Gasteiger partial charge in [0.2, 0.25) is 11.8 Å². The number of carbonyl (C=O) groups is 1. The molecule has 1 N–H and O–H groups in total. The minimum absolute atomic E-state index is 0.0871. The lowest BCUT2D eigenvalue weighted by molar-refractivity contribution is -0.122. The molecule has 2 aromatic rings. The van der Waals surface area contributed by atoms with Gasteiger partial charge in [-0.3, -0.25) is 4.79 Å². The highest BCUT2D eigenvalue weighted by molar-refractivity contribution is 5.75. The molecule has 1 aromatic heterocycles. The Morgan fingerprint density at radius 2 is 2.30 bits per heavy atom. The van der Waals surface area contributed by atoms with E-state index in [-0.39, 0.29) is 19.0 Å². The summed E-state index contributed by atoms with van der Waals surface area (Å²) in [5, 5.41) is 6.26. The van der Waals surface area contributed by atoms with E-state index in [1.165, 1.54) is 0 Å². The molecule has 6 nitrogen and oxygen atoms in total. The van der Waals surface area contributed by atoms with Crippen molar-refractivity contribution in [2.45, 2.75) is 13.5 Å². The van der Waals surface area contributed by atoms with Gasteiger partial charge >= 0.3 is 5.76 Å². The maximum absolute atomic E-state index is 11.9. The van der Waals surface area contributed by atoms with Gasteiger partial charge in [-0.2, -0.15) is 4.68 Å². The average Bonchev–Trinajstić information content (AvgIpc) is 2.78. The maximum atomic E-state index is 11.9. The first-order chi connectivity index (χ1) is 9.60. The van der Waals surface area contributed by atoms with E-state index in [1.54, 1.807) is 6.07 Å². The molecule has 106 valence electrons. The molecule has 0 aliphatic rings. The summed E-state index contributed by atoms with van der Waals surface area (Å²) in [5.41, 5.74) is 1.66. The molecule has 2 rings (SSSR count). The van der Waals surface area contributed by atoms with E-state index in [1.807, 2.05) is 25.1 Å². The fourth-order valence-electron chi connectivity index (χ4n) is 1.68. The van der Waals surface area contributed by atoms with Crippen LogP contribution in [0, 0.1) is 6.92 Å². The highest BCUT2D eigenvalue weighted by Gasteiger charge is 2.12. The zero-order chi connectivity index (χ0) is 14.5. The summed E-state index contributed by atoms with van der Waals surface area (Å²) in [6.45, 7) is 0.862. The van der Waals surface area contributed by atoms with Crippen molar-refractivity contribution in [1.29, 1.82) is 0 Å². The summed E-state index contributed by atoms with van der Waals surface area (Å²) in [4.78, 5) is 23.0. The zero-order valence-electron chi connectivity index (χ0n) is 10.9. The molecule has 1 amide bonds. The maximum Gasteiger partial charge on any atom is 0.437 e. The lowest BCUT2D eigenvalue weighted by Gasteiger charge is -2.00. The smallest absolute Gasteiger partial charge is 0.388 e. The molecule has 0 atom stereocenters. The van der Waals surface area contributed by atoms with Crippen LogP contribution in [0.4, 0.5) is 4.39 Å². The van der Waals surface area contributed by atoms with Gasteiger partial charge in [-0.1, -0.05) is 17.7 Å². The van der Waals surface area contributed by atoms with E-state index in [0.717, 1.165) is 10.2 Å². The number of nitrogens with one attached hydrogen (secondary N) is 1. The topological polar surface area (TPSA) is 77.1 Å². The normalized spacial score (nSPS) is 10.5. The molecule has 7 heteroatoms. The molecule has 1 aromatic carbocycles. The highest BCUT2D eigenvalue weighted by atomic mass is 19.1. The summed E-state index contributed by atoms with van der Waals surface area (Å²) in [6, 6.07) is 7.30. The first kappa shape index (κ1) is 14.0. The van der Waals surface area contributed by atoms with Crippen LogP contribution in [0.25, 0.3) is 11.5 Å². The van der Waals surface area contributed by atoms with Crippen LogP contribution in [0.2, 0.25) is 0 Å². The molecule has 0 aliphatic carbocycles. The lowest BCUT2D eigenvalue weighted by atomic mass is 10.1. The molecule has 0 spiro atoms. The van der Waals surface area contributed by atoms with Crippen molar-refractivity contribution in [2.75, 3.05) is 13.2 Å². The number of hydrogen-bond acceptors (Lipinski definition) is 4. The van der Waals surface area contributed by atoms with Crippen LogP contribution >= 0.6 is 0 Å². The van der Waals surface area contributed by atoms with Crippen LogP contribution in [0.3, 0.4) is 0 Å². The van der Waals surface area contributed by atoms with Crippen LogP contribution in [0.15, 0.2) is 33.5 Å². The molecular formula is C13H14FN3O3. The second-order valence-corrected chi connectivity index (χ2v) is 4.24. The van der Waals surface area contributed by atoms with Crippen molar-refractivity contribution in [3.05, 3.63) is 40.4 Å². The number of carbonyl (C=O) groups excluding carboxylic acids is 1. The van der Waals surface area contributed by atoms with Gasteiger partial charge in [0.1, 0.15) is 13.2 Å². The molecule has 0 radical (unpaired) electrons. The van der Waals surface area contributed by atoms with Crippen molar-refractivity contribution < 1.29 is 13.6 Å². The second-order valence-electron chi connectivity index (χ2n) is 4.24. The largest absolute Gasteiger partial charge is 0.437 e. The molecule has 0 saturated heterocycles. The van der Waals surface area contributed by atoms with Gasteiger partial charge in [-0.15, -0.1) is 5.10 Å². The third-order valence-corrected chi connectivity index (χ3v) is 2.58. The Bertz CT molecular complexity index is 663. The summed E-state index contributed by atoms with van der Waals surface area (Å²) in [6.07, 6.45) is 0. The number of aryl methyl sites for hydroxylation is 1. The summed E-state index contributed by atoms with van der Waals surface area (Å²) >= 11 is 0. The molecular weight excluding hydrogens is 265 g/mol. The average molecular weight is 279 g/mol. The minimum atomic E-state index is -0.725. The van der Waals surface area contributed by atoms with Crippen molar-refractivity contribution in [2.24, 2.45) is 0 Å². The van der Waals surface area contributed by atoms with E-state index in [2.05, 4.69) is 10.4 Å². The molecule has 0 saturated carbocycles. The monoisotopic (exact) mass is 279 g/mol. The number of hydrogen-bond donors (Lipinski definition) is 1. The standard InChI is InChI=1S/C13H14FN3O3/c1-9-3-2-4-10(7-9)12-16-17(13(19)20-12)8-11(18)15-6-5-14/h2-4,7H,5-6,8H2,1H3,(H,15,18). The van der Waals surface area contributed by atoms with Gasteiger partial charge in [0.05, 0.1) is 0 Å². The van der Waals surface area contributed by atoms with Crippen LogP contribution < -0.4 is 11.1 Å².